The number of amides is 1. The molecule has 16 nitrogen and oxygen atoms in total. The molecule has 0 radical (unpaired) electrons. The van der Waals surface area contributed by atoms with E-state index >= 15 is 0 Å². The van der Waals surface area contributed by atoms with Crippen molar-refractivity contribution in [1.82, 2.24) is 24.6 Å². The highest BCUT2D eigenvalue weighted by atomic mass is 35.5. The van der Waals surface area contributed by atoms with Gasteiger partial charge in [0.25, 0.3) is 7.52 Å². The molecule has 2 aliphatic carbocycles. The minimum atomic E-state index is -4.80. The lowest BCUT2D eigenvalue weighted by Crippen LogP contribution is -2.39. The molecule has 1 aliphatic heterocycles. The van der Waals surface area contributed by atoms with Crippen LogP contribution in [0.25, 0.3) is 11.2 Å². The van der Waals surface area contributed by atoms with Crippen molar-refractivity contribution in [2.75, 3.05) is 17.8 Å². The van der Waals surface area contributed by atoms with Crippen LogP contribution in [0.5, 0.6) is 0 Å². The molecule has 19 heteroatoms. The van der Waals surface area contributed by atoms with Crippen LogP contribution in [0.1, 0.15) is 46.3 Å². The van der Waals surface area contributed by atoms with Crippen molar-refractivity contribution >= 4 is 49.8 Å². The summed E-state index contributed by atoms with van der Waals surface area (Å²) in [6, 6.07) is 0. The maximum Gasteiger partial charge on any atom is 0.413 e. The zero-order valence-corrected chi connectivity index (χ0v) is 25.0. The molecule has 0 spiro atoms. The average Bonchev–Trinajstić information content (AvgIpc) is 3.49. The lowest BCUT2D eigenvalue weighted by Gasteiger charge is -2.38. The van der Waals surface area contributed by atoms with Gasteiger partial charge >= 0.3 is 13.7 Å². The van der Waals surface area contributed by atoms with Crippen molar-refractivity contribution in [3.8, 4) is 0 Å². The van der Waals surface area contributed by atoms with Crippen molar-refractivity contribution in [3.05, 3.63) is 11.6 Å². The first-order valence-corrected chi connectivity index (χ1v) is 16.9. The second kappa shape index (κ2) is 10.5. The quantitative estimate of drug-likeness (QED) is 0.161. The lowest BCUT2D eigenvalue weighted by molar-refractivity contribution is -0.0331. The van der Waals surface area contributed by atoms with Gasteiger partial charge in [-0.25, -0.2) is 14.9 Å². The predicted octanol–water partition coefficient (Wildman–Crippen LogP) is 1.77. The number of carbonyl (C=O) groups is 1. The van der Waals surface area contributed by atoms with E-state index in [2.05, 4.69) is 46.1 Å². The van der Waals surface area contributed by atoms with Gasteiger partial charge in [0.1, 0.15) is 30.3 Å². The normalized spacial score (nSPS) is 34.2. The molecule has 2 saturated carbocycles. The van der Waals surface area contributed by atoms with Gasteiger partial charge in [0.05, 0.1) is 6.33 Å². The Balaban J connectivity index is 1.31. The van der Waals surface area contributed by atoms with Crippen molar-refractivity contribution in [2.45, 2.75) is 70.7 Å². The van der Waals surface area contributed by atoms with Crippen molar-refractivity contribution in [3.63, 3.8) is 0 Å². The summed E-state index contributed by atoms with van der Waals surface area (Å²) in [6.07, 6.45) is -2.60. The number of hydrogen-bond acceptors (Lipinski definition) is 10. The number of fused-ring (bicyclic) bond motifs is 3. The van der Waals surface area contributed by atoms with Gasteiger partial charge in [-0.05, 0) is 42.2 Å². The van der Waals surface area contributed by atoms with Gasteiger partial charge in [-0.2, -0.15) is 9.97 Å². The molecule has 228 valence electrons. The van der Waals surface area contributed by atoms with E-state index in [9.17, 15) is 29.0 Å². The van der Waals surface area contributed by atoms with Gasteiger partial charge < -0.3 is 34.4 Å². The minimum absolute atomic E-state index is 0.0378. The molecule has 2 aromatic rings. The molecule has 8 atom stereocenters. The fraction of sp³-hybridized carbons (Fsp3) is 0.727. The molecule has 2 bridgehead atoms. The number of aliphatic hydroxyl groups excluding tert-OH is 2. The number of aromatic nitrogens is 4. The Morgan fingerprint density at radius 3 is 2.54 bits per heavy atom. The Labute approximate surface area is 239 Å². The van der Waals surface area contributed by atoms with Crippen LogP contribution in [0.3, 0.4) is 0 Å². The zero-order chi connectivity index (χ0) is 30.1. The Kier molecular flexibility index (Phi) is 7.85. The molecule has 5 rings (SSSR count). The number of ether oxygens (including phenoxy) is 2. The number of rotatable bonds is 8. The molecular formula is C22H33ClN6O10P2. The van der Waals surface area contributed by atoms with Crippen LogP contribution in [0.15, 0.2) is 6.33 Å². The van der Waals surface area contributed by atoms with E-state index in [0.717, 1.165) is 19.3 Å². The maximum atomic E-state index is 12.9. The van der Waals surface area contributed by atoms with Gasteiger partial charge in [0.2, 0.25) is 5.28 Å². The van der Waals surface area contributed by atoms with E-state index in [1.165, 1.54) is 10.9 Å². The molecule has 3 aliphatic rings. The summed E-state index contributed by atoms with van der Waals surface area (Å²) in [4.78, 5) is 53.1. The number of imidazole rings is 1. The smallest absolute Gasteiger partial charge is 0.413 e. The molecule has 3 heterocycles. The first kappa shape index (κ1) is 30.7. The minimum Gasteiger partial charge on any atom is -0.445 e. The highest BCUT2D eigenvalue weighted by molar-refractivity contribution is 7.71. The number of halogens is 1. The summed E-state index contributed by atoms with van der Waals surface area (Å²) in [7, 11) is -9.28. The highest BCUT2D eigenvalue weighted by Crippen LogP contribution is 2.66. The lowest BCUT2D eigenvalue weighted by atomic mass is 9.70. The third kappa shape index (κ3) is 5.67. The Morgan fingerprint density at radius 1 is 1.22 bits per heavy atom. The van der Waals surface area contributed by atoms with Crippen LogP contribution in [0, 0.1) is 16.7 Å². The first-order valence-electron chi connectivity index (χ1n) is 12.9. The summed E-state index contributed by atoms with van der Waals surface area (Å²) >= 11 is 6.13. The number of nitrogens with one attached hydrogen (secondary N) is 2. The Hall–Kier alpha value is -1.71. The Morgan fingerprint density at radius 2 is 1.93 bits per heavy atom. The number of anilines is 1. The van der Waals surface area contributed by atoms with Crippen molar-refractivity contribution < 1.29 is 48.3 Å². The number of aliphatic hydroxyl groups is 2. The SMILES string of the molecule is CC1(C)[C@@H]2CC[C@@]1(C)C(OC(=O)Nc1nc(Cl)nc3c1ncn3[C@@H]1O[C@H](CNP(=O)(O)CP(=O)(O)O)C(O)C1O)C2. The monoisotopic (exact) mass is 638 g/mol. The van der Waals surface area contributed by atoms with Gasteiger partial charge in [-0.15, -0.1) is 0 Å². The standard InChI is InChI=1S/C22H33ClN6O10P2/c1-21(2)10-4-5-22(21,3)12(6-10)39-20(32)27-16-13-17(28-19(23)26-16)29(8-24-13)18-15(31)14(30)11(38-18)7-25-40(33,34)9-41(35,36)37/h8,10-12,14-15,18,30-31H,4-7,9H2,1-3H3,(H2,25,33,34)(H2,35,36,37)(H,26,27,28,32)/t10-,11-,12?,14?,15?,18-,22+/m1/s1. The third-order valence-electron chi connectivity index (χ3n) is 9.10. The van der Waals surface area contributed by atoms with Crippen LogP contribution in [-0.4, -0.2) is 87.4 Å². The van der Waals surface area contributed by atoms with Gasteiger partial charge in [0, 0.05) is 12.0 Å². The molecular weight excluding hydrogens is 606 g/mol. The largest absolute Gasteiger partial charge is 0.445 e. The molecule has 3 fully saturated rings. The molecule has 1 amide bonds. The van der Waals surface area contributed by atoms with Gasteiger partial charge in [-0.3, -0.25) is 19.0 Å². The van der Waals surface area contributed by atoms with E-state index in [-0.39, 0.29) is 39.2 Å². The maximum absolute atomic E-state index is 12.9. The fourth-order valence-electron chi connectivity index (χ4n) is 6.39. The van der Waals surface area contributed by atoms with Crippen LogP contribution >= 0.6 is 26.7 Å². The molecule has 2 aromatic heterocycles. The van der Waals surface area contributed by atoms with Crippen LogP contribution < -0.4 is 10.4 Å². The van der Waals surface area contributed by atoms with E-state index in [4.69, 9.17) is 30.9 Å². The summed E-state index contributed by atoms with van der Waals surface area (Å²) in [5.41, 5.74) is 0.0271. The molecule has 4 unspecified atom stereocenters. The number of nitrogens with zero attached hydrogens (tertiary/aromatic N) is 4. The Bertz CT molecular complexity index is 1450. The van der Waals surface area contributed by atoms with Crippen LogP contribution in [-0.2, 0) is 18.6 Å². The van der Waals surface area contributed by atoms with Crippen molar-refractivity contribution in [1.29, 1.82) is 0 Å². The summed E-state index contributed by atoms with van der Waals surface area (Å²) in [5, 5.41) is 25.6. The molecule has 7 N–H and O–H groups in total. The summed E-state index contributed by atoms with van der Waals surface area (Å²) in [5.74, 6) is -0.891. The number of hydrogen-bond donors (Lipinski definition) is 7. The molecule has 0 aromatic carbocycles. The van der Waals surface area contributed by atoms with E-state index in [1.807, 2.05) is 0 Å². The van der Waals surface area contributed by atoms with Gasteiger partial charge in [0.15, 0.2) is 23.2 Å². The van der Waals surface area contributed by atoms with Gasteiger partial charge in [-0.1, -0.05) is 20.8 Å². The number of carbonyl (C=O) groups excluding carboxylic acids is 1. The van der Waals surface area contributed by atoms with E-state index in [1.54, 1.807) is 0 Å². The molecule has 41 heavy (non-hydrogen) atoms. The van der Waals surface area contributed by atoms with Crippen molar-refractivity contribution in [2.24, 2.45) is 16.7 Å². The second-order valence-electron chi connectivity index (χ2n) is 11.7. The second-order valence-corrected chi connectivity index (χ2v) is 16.2. The van der Waals surface area contributed by atoms with E-state index in [0.29, 0.717) is 5.92 Å². The third-order valence-corrected chi connectivity index (χ3v) is 13.0. The predicted molar refractivity (Wildman–Crippen MR) is 144 cm³/mol. The van der Waals surface area contributed by atoms with E-state index < -0.39 is 58.2 Å². The molecule has 1 saturated heterocycles. The summed E-state index contributed by atoms with van der Waals surface area (Å²) in [6.45, 7) is 6.03. The fourth-order valence-corrected chi connectivity index (χ4v) is 9.41. The average molecular weight is 639 g/mol. The summed E-state index contributed by atoms with van der Waals surface area (Å²) < 4.78 is 36.0. The highest BCUT2D eigenvalue weighted by Gasteiger charge is 2.63. The van der Waals surface area contributed by atoms with Crippen LogP contribution in [0.2, 0.25) is 5.28 Å². The topological polar surface area (TPSA) is 238 Å². The zero-order valence-electron chi connectivity index (χ0n) is 22.4. The van der Waals surface area contributed by atoms with Crippen LogP contribution in [0.4, 0.5) is 10.6 Å². The first-order chi connectivity index (χ1) is 18.9.